The molecule has 2 aromatic rings. The molecule has 2 aliphatic rings. The van der Waals surface area contributed by atoms with Crippen LogP contribution in [0.25, 0.3) is 0 Å². The molecule has 0 saturated heterocycles. The molecule has 4 rings (SSSR count). The molecule has 0 aromatic carbocycles. The summed E-state index contributed by atoms with van der Waals surface area (Å²) in [5, 5.41) is 10.4. The lowest BCUT2D eigenvalue weighted by Crippen LogP contribution is -2.46. The van der Waals surface area contributed by atoms with Crippen LogP contribution in [0, 0.1) is 12.3 Å². The van der Waals surface area contributed by atoms with Crippen LogP contribution in [0.4, 0.5) is 26.2 Å². The van der Waals surface area contributed by atoms with E-state index in [4.69, 9.17) is 0 Å². The minimum absolute atomic E-state index is 0. The third kappa shape index (κ3) is 4.60. The number of nitrogens with zero attached hydrogens (tertiary/aromatic N) is 5. The Hall–Kier alpha value is -2.43. The summed E-state index contributed by atoms with van der Waals surface area (Å²) in [7, 11) is 1.86. The Kier molecular flexibility index (Phi) is 6.18. The van der Waals surface area contributed by atoms with Crippen molar-refractivity contribution in [1.29, 1.82) is 0 Å². The molecule has 1 atom stereocenters. The van der Waals surface area contributed by atoms with Gasteiger partial charge >= 0.3 is 0 Å². The third-order valence-corrected chi connectivity index (χ3v) is 5.86. The van der Waals surface area contributed by atoms with Gasteiger partial charge in [0.25, 0.3) is 0 Å². The van der Waals surface area contributed by atoms with Crippen molar-refractivity contribution in [3.63, 3.8) is 0 Å². The zero-order valence-corrected chi connectivity index (χ0v) is 19.2. The molecule has 8 nitrogen and oxygen atoms in total. The van der Waals surface area contributed by atoms with E-state index < -0.39 is 11.3 Å². The van der Waals surface area contributed by atoms with Gasteiger partial charge in [-0.15, -0.1) is 0 Å². The molecule has 3 heterocycles. The van der Waals surface area contributed by atoms with E-state index in [2.05, 4.69) is 25.7 Å². The molecule has 1 saturated carbocycles. The molecule has 11 heteroatoms. The fraction of sp³-hybridized carbons (Fsp3) is 0.600. The van der Waals surface area contributed by atoms with Crippen LogP contribution in [0.1, 0.15) is 44.4 Å². The first kappa shape index (κ1) is 23.2. The molecule has 1 aliphatic heterocycles. The Bertz CT molecular complexity index is 972. The minimum Gasteiger partial charge on any atom is -0.350 e. The van der Waals surface area contributed by atoms with Crippen LogP contribution in [0.15, 0.2) is 12.4 Å². The number of halogens is 2. The second-order valence-corrected chi connectivity index (χ2v) is 8.78. The number of alkyl halides is 2. The molecule has 0 bridgehead atoms. The highest BCUT2D eigenvalue weighted by molar-refractivity contribution is 7.59. The predicted octanol–water partition coefficient (Wildman–Crippen LogP) is 3.31. The van der Waals surface area contributed by atoms with Crippen LogP contribution >= 0.6 is 13.5 Å². The highest BCUT2D eigenvalue weighted by Gasteiger charge is 2.53. The van der Waals surface area contributed by atoms with Crippen molar-refractivity contribution >= 4 is 36.9 Å². The van der Waals surface area contributed by atoms with Crippen molar-refractivity contribution in [2.45, 2.75) is 65.1 Å². The van der Waals surface area contributed by atoms with Crippen LogP contribution in [0.2, 0.25) is 0 Å². The summed E-state index contributed by atoms with van der Waals surface area (Å²) in [5.41, 5.74) is 1.82. The normalized spacial score (nSPS) is 20.9. The first-order valence-electron chi connectivity index (χ1n) is 10.1. The van der Waals surface area contributed by atoms with Crippen LogP contribution in [0.3, 0.4) is 0 Å². The average Bonchev–Trinajstić information content (AvgIpc) is 3.06. The van der Waals surface area contributed by atoms with Gasteiger partial charge in [0.1, 0.15) is 11.7 Å². The second-order valence-electron chi connectivity index (χ2n) is 8.78. The van der Waals surface area contributed by atoms with Gasteiger partial charge in [-0.1, -0.05) is 13.8 Å². The summed E-state index contributed by atoms with van der Waals surface area (Å²) < 4.78 is 28.2. The molecule has 0 radical (unpaired) electrons. The fourth-order valence-electron chi connectivity index (χ4n) is 4.49. The molecule has 170 valence electrons. The zero-order chi connectivity index (χ0) is 21.7. The number of aryl methyl sites for hydroxylation is 1. The maximum atomic E-state index is 13.2. The van der Waals surface area contributed by atoms with Gasteiger partial charge in [-0.2, -0.15) is 23.6 Å². The highest BCUT2D eigenvalue weighted by Crippen LogP contribution is 2.52. The maximum Gasteiger partial charge on any atom is 0.249 e. The van der Waals surface area contributed by atoms with E-state index in [1.807, 2.05) is 38.9 Å². The number of anilines is 3. The van der Waals surface area contributed by atoms with E-state index in [0.29, 0.717) is 42.7 Å². The summed E-state index contributed by atoms with van der Waals surface area (Å²) >= 11 is 0. The number of aromatic nitrogens is 4. The summed E-state index contributed by atoms with van der Waals surface area (Å²) in [4.78, 5) is 23.1. The third-order valence-electron chi connectivity index (χ3n) is 5.86. The van der Waals surface area contributed by atoms with Gasteiger partial charge < -0.3 is 15.5 Å². The fourth-order valence-corrected chi connectivity index (χ4v) is 4.49. The molecule has 2 N–H and O–H groups in total. The predicted molar refractivity (Wildman–Crippen MR) is 120 cm³/mol. The van der Waals surface area contributed by atoms with Crippen LogP contribution in [0.5, 0.6) is 0 Å². The van der Waals surface area contributed by atoms with E-state index in [1.54, 1.807) is 10.9 Å². The number of likely N-dealkylation sites (N-methyl/N-ethyl adjacent to an activating group) is 1. The average molecular weight is 454 g/mol. The summed E-state index contributed by atoms with van der Waals surface area (Å²) in [6.45, 7) is 6.59. The monoisotopic (exact) mass is 453 g/mol. The SMILES string of the molecule is CC[C@H]1C(=O)Nc2c(C)nc(NCc3cnn(CC4(C)CC(F)(F)C4)c3)nc2N1C.S. The number of carbonyl (C=O) groups excluding carboxylic acids is 1. The van der Waals surface area contributed by atoms with Crippen molar-refractivity contribution < 1.29 is 13.6 Å². The number of carbonyl (C=O) groups is 1. The van der Waals surface area contributed by atoms with Crippen molar-refractivity contribution in [3.05, 3.63) is 23.7 Å². The molecular weight excluding hydrogens is 424 g/mol. The van der Waals surface area contributed by atoms with Crippen molar-refractivity contribution in [2.75, 3.05) is 22.6 Å². The minimum atomic E-state index is -2.54. The number of hydrogen-bond donors (Lipinski definition) is 2. The number of nitrogens with one attached hydrogen (secondary N) is 2. The Morgan fingerprint density at radius 1 is 1.32 bits per heavy atom. The lowest BCUT2D eigenvalue weighted by atomic mass is 9.67. The highest BCUT2D eigenvalue weighted by atomic mass is 32.1. The lowest BCUT2D eigenvalue weighted by molar-refractivity contribution is -0.159. The number of hydrogen-bond acceptors (Lipinski definition) is 6. The number of rotatable bonds is 6. The molecule has 0 spiro atoms. The maximum absolute atomic E-state index is 13.2. The lowest BCUT2D eigenvalue weighted by Gasteiger charge is -2.44. The van der Waals surface area contributed by atoms with Gasteiger partial charge in [0.05, 0.1) is 11.9 Å². The van der Waals surface area contributed by atoms with Crippen molar-refractivity contribution in [1.82, 2.24) is 19.7 Å². The Morgan fingerprint density at radius 3 is 2.68 bits per heavy atom. The molecule has 2 aromatic heterocycles. The quantitative estimate of drug-likeness (QED) is 0.698. The summed E-state index contributed by atoms with van der Waals surface area (Å²) in [5.74, 6) is -1.45. The zero-order valence-electron chi connectivity index (χ0n) is 18.2. The Labute approximate surface area is 187 Å². The topological polar surface area (TPSA) is 88.0 Å². The molecule has 1 amide bonds. The van der Waals surface area contributed by atoms with E-state index in [1.165, 1.54) is 0 Å². The van der Waals surface area contributed by atoms with Gasteiger partial charge in [0, 0.05) is 44.7 Å². The Morgan fingerprint density at radius 2 is 2.03 bits per heavy atom. The molecule has 0 unspecified atom stereocenters. The van der Waals surface area contributed by atoms with Crippen LogP contribution < -0.4 is 15.5 Å². The van der Waals surface area contributed by atoms with E-state index >= 15 is 0 Å². The summed E-state index contributed by atoms with van der Waals surface area (Å²) in [6.07, 6.45) is 4.06. The van der Waals surface area contributed by atoms with Crippen molar-refractivity contribution in [3.8, 4) is 0 Å². The molecule has 1 fully saturated rings. The second kappa shape index (κ2) is 8.25. The number of fused-ring (bicyclic) bond motifs is 1. The van der Waals surface area contributed by atoms with Crippen molar-refractivity contribution in [2.24, 2.45) is 5.41 Å². The van der Waals surface area contributed by atoms with E-state index in [-0.39, 0.29) is 38.3 Å². The van der Waals surface area contributed by atoms with Gasteiger partial charge in [-0.25, -0.2) is 13.8 Å². The van der Waals surface area contributed by atoms with Crippen LogP contribution in [-0.4, -0.2) is 44.7 Å². The molecular formula is C20H29F2N7OS. The number of amides is 1. The van der Waals surface area contributed by atoms with Gasteiger partial charge in [0.15, 0.2) is 5.82 Å². The summed E-state index contributed by atoms with van der Waals surface area (Å²) in [6, 6.07) is -0.266. The smallest absolute Gasteiger partial charge is 0.249 e. The van der Waals surface area contributed by atoms with Gasteiger partial charge in [-0.3, -0.25) is 9.48 Å². The van der Waals surface area contributed by atoms with E-state index in [0.717, 1.165) is 5.56 Å². The van der Waals surface area contributed by atoms with Gasteiger partial charge in [-0.05, 0) is 18.8 Å². The first-order chi connectivity index (χ1) is 14.1. The largest absolute Gasteiger partial charge is 0.350 e. The molecule has 31 heavy (non-hydrogen) atoms. The Balaban J connectivity index is 0.00000272. The molecule has 1 aliphatic carbocycles. The van der Waals surface area contributed by atoms with Gasteiger partial charge in [0.2, 0.25) is 17.8 Å². The first-order valence-corrected chi connectivity index (χ1v) is 10.1. The van der Waals surface area contributed by atoms with Crippen LogP contribution in [-0.2, 0) is 17.9 Å². The standard InChI is InChI=1S/C20H27F2N7O.H2S/c1-5-14-17(30)26-15-12(2)25-18(27-16(15)28(14)4)23-6-13-7-24-29(8-13)11-19(3)9-20(21,22)10-19;/h7-8,14H,5-6,9-11H2,1-4H3,(H,26,30)(H,23,25,27);1H2/t14-;/m0./s1. The van der Waals surface area contributed by atoms with E-state index in [9.17, 15) is 13.6 Å².